The van der Waals surface area contributed by atoms with Gasteiger partial charge >= 0.3 is 0 Å². The van der Waals surface area contributed by atoms with Gasteiger partial charge in [0, 0.05) is 6.08 Å². The number of aryl methyl sites for hydroxylation is 1. The fourth-order valence-electron chi connectivity index (χ4n) is 2.60. The molecular formula is C21H27N2O+. The van der Waals surface area contributed by atoms with Crippen molar-refractivity contribution in [2.75, 3.05) is 20.6 Å². The van der Waals surface area contributed by atoms with Crippen LogP contribution in [0.15, 0.2) is 60.7 Å². The summed E-state index contributed by atoms with van der Waals surface area (Å²) < 4.78 is 0. The molecule has 0 saturated carbocycles. The Hall–Kier alpha value is -2.39. The van der Waals surface area contributed by atoms with Crippen LogP contribution in [0.5, 0.6) is 0 Å². The molecule has 2 aromatic carbocycles. The van der Waals surface area contributed by atoms with Gasteiger partial charge in [0.05, 0.1) is 14.1 Å². The molecule has 0 aliphatic rings. The predicted octanol–water partition coefficient (Wildman–Crippen LogP) is 2.26. The molecule has 0 aliphatic carbocycles. The molecule has 0 spiro atoms. The summed E-state index contributed by atoms with van der Waals surface area (Å²) >= 11 is 0. The Labute approximate surface area is 145 Å². The van der Waals surface area contributed by atoms with Gasteiger partial charge in [-0.05, 0) is 29.2 Å². The van der Waals surface area contributed by atoms with E-state index in [-0.39, 0.29) is 11.9 Å². The molecule has 0 aromatic heterocycles. The highest BCUT2D eigenvalue weighted by Gasteiger charge is 2.16. The number of benzene rings is 2. The SMILES string of the molecule is CCc1ccc(/C=C/C(=O)N[C@@H](C[NH+](C)C)c2ccccc2)cc1. The zero-order valence-corrected chi connectivity index (χ0v) is 14.8. The van der Waals surface area contributed by atoms with E-state index in [1.54, 1.807) is 6.08 Å². The lowest BCUT2D eigenvalue weighted by atomic mass is 10.1. The van der Waals surface area contributed by atoms with E-state index in [4.69, 9.17) is 0 Å². The van der Waals surface area contributed by atoms with Gasteiger partial charge in [0.1, 0.15) is 12.6 Å². The summed E-state index contributed by atoms with van der Waals surface area (Å²) in [6.45, 7) is 2.98. The molecule has 2 aromatic rings. The third-order valence-electron chi connectivity index (χ3n) is 3.95. The summed E-state index contributed by atoms with van der Waals surface area (Å²) in [5.74, 6) is -0.0651. The number of quaternary nitrogens is 1. The largest absolute Gasteiger partial charge is 0.340 e. The van der Waals surface area contributed by atoms with Crippen molar-refractivity contribution >= 4 is 12.0 Å². The Morgan fingerprint density at radius 3 is 2.33 bits per heavy atom. The standard InChI is InChI=1S/C21H26N2O/c1-4-17-10-12-18(13-11-17)14-15-21(24)22-20(16-23(2)3)19-8-6-5-7-9-19/h5-15,20H,4,16H2,1-3H3,(H,22,24)/p+1/b15-14+/t20-/m0/s1. The van der Waals surface area contributed by atoms with E-state index < -0.39 is 0 Å². The minimum atomic E-state index is -0.0651. The Balaban J connectivity index is 2.02. The van der Waals surface area contributed by atoms with Gasteiger partial charge in [-0.1, -0.05) is 61.5 Å². The third kappa shape index (κ3) is 5.67. The Kier molecular flexibility index (Phi) is 6.76. The highest BCUT2D eigenvalue weighted by Crippen LogP contribution is 2.11. The van der Waals surface area contributed by atoms with Gasteiger partial charge in [0.25, 0.3) is 0 Å². The lowest BCUT2D eigenvalue weighted by Crippen LogP contribution is -3.06. The van der Waals surface area contributed by atoms with Crippen molar-refractivity contribution in [1.82, 2.24) is 5.32 Å². The van der Waals surface area contributed by atoms with Crippen molar-refractivity contribution in [3.05, 3.63) is 77.4 Å². The summed E-state index contributed by atoms with van der Waals surface area (Å²) in [4.78, 5) is 13.6. The average molecular weight is 323 g/mol. The van der Waals surface area contributed by atoms with Crippen molar-refractivity contribution in [2.24, 2.45) is 0 Å². The van der Waals surface area contributed by atoms with Crippen molar-refractivity contribution in [3.63, 3.8) is 0 Å². The molecule has 0 aliphatic heterocycles. The first-order chi connectivity index (χ1) is 11.6. The van der Waals surface area contributed by atoms with E-state index in [1.165, 1.54) is 10.5 Å². The van der Waals surface area contributed by atoms with Crippen LogP contribution in [0.3, 0.4) is 0 Å². The predicted molar refractivity (Wildman–Crippen MR) is 99.9 cm³/mol. The van der Waals surface area contributed by atoms with Gasteiger partial charge in [0.2, 0.25) is 5.91 Å². The molecule has 0 bridgehead atoms. The average Bonchev–Trinajstić information content (AvgIpc) is 2.60. The van der Waals surface area contributed by atoms with Gasteiger partial charge in [-0.3, -0.25) is 4.79 Å². The summed E-state index contributed by atoms with van der Waals surface area (Å²) in [7, 11) is 4.18. The maximum atomic E-state index is 12.3. The van der Waals surface area contributed by atoms with Crippen LogP contribution in [-0.4, -0.2) is 26.5 Å². The van der Waals surface area contributed by atoms with Gasteiger partial charge in [-0.2, -0.15) is 0 Å². The number of hydrogen-bond donors (Lipinski definition) is 2. The maximum Gasteiger partial charge on any atom is 0.244 e. The molecule has 0 saturated heterocycles. The molecule has 3 nitrogen and oxygen atoms in total. The number of rotatable bonds is 7. The zero-order valence-electron chi connectivity index (χ0n) is 14.8. The molecule has 1 amide bonds. The van der Waals surface area contributed by atoms with E-state index in [0.717, 1.165) is 24.1 Å². The molecule has 3 heteroatoms. The maximum absolute atomic E-state index is 12.3. The van der Waals surface area contributed by atoms with Crippen molar-refractivity contribution in [3.8, 4) is 0 Å². The molecule has 24 heavy (non-hydrogen) atoms. The molecule has 0 unspecified atom stereocenters. The monoisotopic (exact) mass is 323 g/mol. The van der Waals surface area contributed by atoms with E-state index in [9.17, 15) is 4.79 Å². The van der Waals surface area contributed by atoms with Crippen LogP contribution in [0.1, 0.15) is 29.7 Å². The number of amides is 1. The highest BCUT2D eigenvalue weighted by atomic mass is 16.1. The van der Waals surface area contributed by atoms with E-state index >= 15 is 0 Å². The van der Waals surface area contributed by atoms with Crippen molar-refractivity contribution in [1.29, 1.82) is 0 Å². The summed E-state index contributed by atoms with van der Waals surface area (Å²) in [5.41, 5.74) is 3.47. The molecular weight excluding hydrogens is 296 g/mol. The van der Waals surface area contributed by atoms with Crippen LogP contribution in [0.2, 0.25) is 0 Å². The van der Waals surface area contributed by atoms with Crippen LogP contribution >= 0.6 is 0 Å². The molecule has 1 atom stereocenters. The molecule has 0 fully saturated rings. The van der Waals surface area contributed by atoms with Gasteiger partial charge < -0.3 is 10.2 Å². The summed E-state index contributed by atoms with van der Waals surface area (Å²) in [6.07, 6.45) is 4.50. The first kappa shape index (κ1) is 18.0. The Morgan fingerprint density at radius 1 is 1.08 bits per heavy atom. The van der Waals surface area contributed by atoms with Crippen LogP contribution in [0.25, 0.3) is 6.08 Å². The molecule has 0 heterocycles. The minimum Gasteiger partial charge on any atom is -0.340 e. The molecule has 2 rings (SSSR count). The fourth-order valence-corrected chi connectivity index (χ4v) is 2.60. The molecule has 126 valence electrons. The van der Waals surface area contributed by atoms with Crippen molar-refractivity contribution in [2.45, 2.75) is 19.4 Å². The molecule has 2 N–H and O–H groups in total. The number of likely N-dealkylation sites (N-methyl/N-ethyl adjacent to an activating group) is 1. The van der Waals surface area contributed by atoms with Crippen LogP contribution in [0.4, 0.5) is 0 Å². The van der Waals surface area contributed by atoms with E-state index in [1.807, 2.05) is 36.4 Å². The number of hydrogen-bond acceptors (Lipinski definition) is 1. The third-order valence-corrected chi connectivity index (χ3v) is 3.95. The summed E-state index contributed by atoms with van der Waals surface area (Å²) in [5, 5.41) is 3.11. The van der Waals surface area contributed by atoms with E-state index in [0.29, 0.717) is 0 Å². The van der Waals surface area contributed by atoms with Crippen LogP contribution < -0.4 is 10.2 Å². The Morgan fingerprint density at radius 2 is 1.75 bits per heavy atom. The van der Waals surface area contributed by atoms with E-state index in [2.05, 4.69) is 50.6 Å². The topological polar surface area (TPSA) is 33.5 Å². The second-order valence-corrected chi connectivity index (χ2v) is 6.31. The quantitative estimate of drug-likeness (QED) is 0.753. The van der Waals surface area contributed by atoms with Gasteiger partial charge in [0.15, 0.2) is 0 Å². The lowest BCUT2D eigenvalue weighted by Gasteiger charge is -2.20. The van der Waals surface area contributed by atoms with Gasteiger partial charge in [-0.15, -0.1) is 0 Å². The minimum absolute atomic E-state index is 0.0100. The zero-order chi connectivity index (χ0) is 17.4. The fraction of sp³-hybridized carbons (Fsp3) is 0.286. The van der Waals surface area contributed by atoms with Gasteiger partial charge in [-0.25, -0.2) is 0 Å². The molecule has 0 radical (unpaired) electrons. The second kappa shape index (κ2) is 9.04. The lowest BCUT2D eigenvalue weighted by molar-refractivity contribution is -0.860. The van der Waals surface area contributed by atoms with Crippen LogP contribution in [0, 0.1) is 0 Å². The first-order valence-electron chi connectivity index (χ1n) is 8.50. The highest BCUT2D eigenvalue weighted by molar-refractivity contribution is 5.92. The van der Waals surface area contributed by atoms with Crippen molar-refractivity contribution < 1.29 is 9.69 Å². The summed E-state index contributed by atoms with van der Waals surface area (Å²) in [6, 6.07) is 18.4. The Bertz CT molecular complexity index is 660. The van der Waals surface area contributed by atoms with Crippen LogP contribution in [-0.2, 0) is 11.2 Å². The second-order valence-electron chi connectivity index (χ2n) is 6.31. The smallest absolute Gasteiger partial charge is 0.244 e. The normalized spacial score (nSPS) is 12.5. The number of carbonyl (C=O) groups excluding carboxylic acids is 1. The number of nitrogens with one attached hydrogen (secondary N) is 2. The number of carbonyl (C=O) groups is 1. The first-order valence-corrected chi connectivity index (χ1v) is 8.50.